The molecule has 3 N–H and O–H groups in total. The van der Waals surface area contributed by atoms with Gasteiger partial charge < -0.3 is 15.5 Å². The van der Waals surface area contributed by atoms with Crippen LogP contribution in [0.4, 0.5) is 0 Å². The van der Waals surface area contributed by atoms with Crippen LogP contribution in [0, 0.1) is 0 Å². The van der Waals surface area contributed by atoms with Gasteiger partial charge in [0.25, 0.3) is 0 Å². The Morgan fingerprint density at radius 1 is 0.632 bits per heavy atom. The first-order valence-corrected chi connectivity index (χ1v) is 16.5. The van der Waals surface area contributed by atoms with Crippen LogP contribution >= 0.6 is 0 Å². The van der Waals surface area contributed by atoms with Crippen molar-refractivity contribution in [1.82, 2.24) is 5.32 Å². The molecule has 0 aliphatic heterocycles. The van der Waals surface area contributed by atoms with Crippen LogP contribution in [0.5, 0.6) is 0 Å². The van der Waals surface area contributed by atoms with Crippen molar-refractivity contribution < 1.29 is 15.0 Å². The van der Waals surface area contributed by atoms with Crippen LogP contribution < -0.4 is 5.32 Å². The smallest absolute Gasteiger partial charge is 0.220 e. The fourth-order valence-corrected chi connectivity index (χ4v) is 4.86. The van der Waals surface area contributed by atoms with Gasteiger partial charge in [0, 0.05) is 6.42 Å². The number of amides is 1. The Kier molecular flexibility index (Phi) is 29.5. The Labute approximate surface area is 237 Å². The van der Waals surface area contributed by atoms with Crippen LogP contribution in [0.1, 0.15) is 168 Å². The fraction of sp³-hybridized carbons (Fsp3) is 0.853. The lowest BCUT2D eigenvalue weighted by molar-refractivity contribution is -0.123. The van der Waals surface area contributed by atoms with Gasteiger partial charge in [-0.05, 0) is 44.9 Å². The van der Waals surface area contributed by atoms with E-state index in [-0.39, 0.29) is 12.5 Å². The summed E-state index contributed by atoms with van der Waals surface area (Å²) in [5.41, 5.74) is 0. The lowest BCUT2D eigenvalue weighted by atomic mass is 10.0. The van der Waals surface area contributed by atoms with Crippen molar-refractivity contribution >= 4 is 5.91 Å². The van der Waals surface area contributed by atoms with Gasteiger partial charge in [-0.2, -0.15) is 0 Å². The molecular formula is C34H65NO3. The first kappa shape index (κ1) is 36.9. The Bertz CT molecular complexity index is 546. The zero-order valence-electron chi connectivity index (χ0n) is 25.4. The fourth-order valence-electron chi connectivity index (χ4n) is 4.86. The standard InChI is InChI=1S/C34H65NO3/c1-3-5-7-9-11-13-15-16-17-18-20-22-24-26-28-30-34(38)35-32(31-36)33(37)29-27-25-23-21-19-14-12-10-8-6-4-2/h11,13,16-17,32-33,36-37H,3-10,12,14-15,18-31H2,1-2H3,(H,35,38)/b13-11-,17-16-/t32-,33+/m0/s1. The molecule has 0 aromatic heterocycles. The van der Waals surface area contributed by atoms with Crippen molar-refractivity contribution in [2.75, 3.05) is 6.61 Å². The SMILES string of the molecule is CCCCC/C=C\C/C=C\CCCCCCCC(=O)N[C@@H](CO)[C@H](O)CCCCCCCCCCCCC. The van der Waals surface area contributed by atoms with Crippen LogP contribution in [0.2, 0.25) is 0 Å². The molecule has 4 heteroatoms. The number of rotatable bonds is 29. The summed E-state index contributed by atoms with van der Waals surface area (Å²) in [7, 11) is 0. The quantitative estimate of drug-likeness (QED) is 0.0660. The second-order valence-corrected chi connectivity index (χ2v) is 11.2. The maximum absolute atomic E-state index is 12.3. The van der Waals surface area contributed by atoms with E-state index in [1.54, 1.807) is 0 Å². The van der Waals surface area contributed by atoms with Crippen LogP contribution in [-0.4, -0.2) is 34.9 Å². The van der Waals surface area contributed by atoms with Crippen LogP contribution in [0.15, 0.2) is 24.3 Å². The van der Waals surface area contributed by atoms with Gasteiger partial charge in [0.05, 0.1) is 18.8 Å². The summed E-state index contributed by atoms with van der Waals surface area (Å²) in [5, 5.41) is 22.9. The summed E-state index contributed by atoms with van der Waals surface area (Å²) < 4.78 is 0. The van der Waals surface area contributed by atoms with Crippen molar-refractivity contribution in [3.8, 4) is 0 Å². The van der Waals surface area contributed by atoms with E-state index < -0.39 is 12.1 Å². The van der Waals surface area contributed by atoms with E-state index >= 15 is 0 Å². The first-order chi connectivity index (χ1) is 18.7. The molecule has 0 spiro atoms. The Morgan fingerprint density at radius 2 is 1.08 bits per heavy atom. The van der Waals surface area contributed by atoms with Crippen molar-refractivity contribution in [2.45, 2.75) is 180 Å². The van der Waals surface area contributed by atoms with E-state index in [2.05, 4.69) is 43.5 Å². The predicted molar refractivity (Wildman–Crippen MR) is 165 cm³/mol. The summed E-state index contributed by atoms with van der Waals surface area (Å²) >= 11 is 0. The second kappa shape index (κ2) is 30.4. The Balaban J connectivity index is 3.63. The topological polar surface area (TPSA) is 69.6 Å². The van der Waals surface area contributed by atoms with Crippen molar-refractivity contribution in [2.24, 2.45) is 0 Å². The highest BCUT2D eigenvalue weighted by Gasteiger charge is 2.19. The highest BCUT2D eigenvalue weighted by molar-refractivity contribution is 5.76. The predicted octanol–water partition coefficient (Wildman–Crippen LogP) is 9.34. The van der Waals surface area contributed by atoms with E-state index in [9.17, 15) is 15.0 Å². The van der Waals surface area contributed by atoms with Gasteiger partial charge in [0.2, 0.25) is 5.91 Å². The summed E-state index contributed by atoms with van der Waals surface area (Å²) in [5.74, 6) is -0.0484. The Hall–Kier alpha value is -1.13. The van der Waals surface area contributed by atoms with E-state index in [0.29, 0.717) is 12.8 Å². The molecule has 4 nitrogen and oxygen atoms in total. The lowest BCUT2D eigenvalue weighted by Crippen LogP contribution is -2.45. The maximum Gasteiger partial charge on any atom is 0.220 e. The molecule has 0 bridgehead atoms. The molecule has 0 heterocycles. The minimum Gasteiger partial charge on any atom is -0.394 e. The van der Waals surface area contributed by atoms with Crippen LogP contribution in [0.3, 0.4) is 0 Å². The molecule has 0 rings (SSSR count). The van der Waals surface area contributed by atoms with Gasteiger partial charge >= 0.3 is 0 Å². The third-order valence-corrected chi connectivity index (χ3v) is 7.47. The van der Waals surface area contributed by atoms with E-state index in [1.165, 1.54) is 96.3 Å². The van der Waals surface area contributed by atoms with Gasteiger partial charge in [-0.15, -0.1) is 0 Å². The number of allylic oxidation sites excluding steroid dienone is 4. The summed E-state index contributed by atoms with van der Waals surface area (Å²) in [4.78, 5) is 12.3. The molecule has 224 valence electrons. The highest BCUT2D eigenvalue weighted by Crippen LogP contribution is 2.14. The summed E-state index contributed by atoms with van der Waals surface area (Å²) in [6.07, 6.45) is 36.4. The molecule has 0 aliphatic rings. The molecular weight excluding hydrogens is 470 g/mol. The molecule has 0 aliphatic carbocycles. The van der Waals surface area contributed by atoms with Crippen LogP contribution in [-0.2, 0) is 4.79 Å². The lowest BCUT2D eigenvalue weighted by Gasteiger charge is -2.22. The zero-order chi connectivity index (χ0) is 27.9. The van der Waals surface area contributed by atoms with Crippen molar-refractivity contribution in [3.63, 3.8) is 0 Å². The average Bonchev–Trinajstić information content (AvgIpc) is 2.92. The number of aliphatic hydroxyl groups is 2. The van der Waals surface area contributed by atoms with Crippen LogP contribution in [0.25, 0.3) is 0 Å². The van der Waals surface area contributed by atoms with Gasteiger partial charge in [0.1, 0.15) is 0 Å². The molecule has 2 atom stereocenters. The van der Waals surface area contributed by atoms with Crippen molar-refractivity contribution in [1.29, 1.82) is 0 Å². The minimum atomic E-state index is -0.660. The molecule has 38 heavy (non-hydrogen) atoms. The zero-order valence-corrected chi connectivity index (χ0v) is 25.4. The Morgan fingerprint density at radius 3 is 1.63 bits per heavy atom. The molecule has 0 fully saturated rings. The number of aliphatic hydroxyl groups excluding tert-OH is 2. The average molecular weight is 536 g/mol. The van der Waals surface area contributed by atoms with Gasteiger partial charge in [-0.1, -0.05) is 141 Å². The summed E-state index contributed by atoms with van der Waals surface area (Å²) in [6, 6.07) is -0.538. The number of nitrogens with one attached hydrogen (secondary N) is 1. The van der Waals surface area contributed by atoms with Crippen molar-refractivity contribution in [3.05, 3.63) is 24.3 Å². The first-order valence-electron chi connectivity index (χ1n) is 16.5. The van der Waals surface area contributed by atoms with E-state index in [1.807, 2.05) is 0 Å². The molecule has 1 amide bonds. The van der Waals surface area contributed by atoms with Gasteiger partial charge in [-0.25, -0.2) is 0 Å². The molecule has 0 aromatic rings. The normalized spacial score (nSPS) is 13.5. The maximum atomic E-state index is 12.3. The molecule has 0 saturated carbocycles. The van der Waals surface area contributed by atoms with E-state index in [0.717, 1.165) is 44.9 Å². The molecule has 0 aromatic carbocycles. The van der Waals surface area contributed by atoms with Gasteiger partial charge in [0.15, 0.2) is 0 Å². The monoisotopic (exact) mass is 535 g/mol. The molecule has 0 saturated heterocycles. The number of carbonyl (C=O) groups is 1. The minimum absolute atomic E-state index is 0.0484. The molecule has 0 unspecified atom stereocenters. The number of hydrogen-bond acceptors (Lipinski definition) is 3. The largest absolute Gasteiger partial charge is 0.394 e. The summed E-state index contributed by atoms with van der Waals surface area (Å²) in [6.45, 7) is 4.30. The number of unbranched alkanes of at least 4 members (excludes halogenated alkanes) is 18. The number of carbonyl (C=O) groups excluding carboxylic acids is 1. The van der Waals surface area contributed by atoms with Gasteiger partial charge in [-0.3, -0.25) is 4.79 Å². The molecule has 0 radical (unpaired) electrons. The van der Waals surface area contributed by atoms with E-state index in [4.69, 9.17) is 0 Å². The third kappa shape index (κ3) is 26.5. The highest BCUT2D eigenvalue weighted by atomic mass is 16.3. The second-order valence-electron chi connectivity index (χ2n) is 11.2. The third-order valence-electron chi connectivity index (χ3n) is 7.47. The number of hydrogen-bond donors (Lipinski definition) is 3.